The molecular weight excluding hydrogens is 234 g/mol. The molecule has 6 nitrogen and oxygen atoms in total. The minimum Gasteiger partial charge on any atom is -0.495 e. The quantitative estimate of drug-likeness (QED) is 0.785. The van der Waals surface area contributed by atoms with E-state index in [1.165, 1.54) is 22.4 Å². The molecule has 6 heteroatoms. The Balaban J connectivity index is 2.98. The standard InChI is InChI=1S/C12H15N3O3/c1-7(2)15-11(16)10-9(14(3)12(15)17)5-8(18-4)6-13-10/h5-7H,1-4H3. The zero-order valence-corrected chi connectivity index (χ0v) is 10.8. The molecule has 0 aromatic carbocycles. The normalized spacial score (nSPS) is 11.2. The molecule has 0 saturated heterocycles. The van der Waals surface area contributed by atoms with Crippen LogP contribution in [-0.2, 0) is 7.05 Å². The molecular formula is C12H15N3O3. The summed E-state index contributed by atoms with van der Waals surface area (Å²) < 4.78 is 7.65. The molecule has 0 atom stereocenters. The smallest absolute Gasteiger partial charge is 0.331 e. The molecule has 2 rings (SSSR count). The number of nitrogens with zero attached hydrogens (tertiary/aromatic N) is 3. The van der Waals surface area contributed by atoms with Crippen LogP contribution in [0.5, 0.6) is 5.75 Å². The molecule has 0 aliphatic heterocycles. The van der Waals surface area contributed by atoms with Crippen molar-refractivity contribution in [1.82, 2.24) is 14.1 Å². The summed E-state index contributed by atoms with van der Waals surface area (Å²) in [7, 11) is 3.13. The second kappa shape index (κ2) is 4.29. The molecule has 96 valence electrons. The summed E-state index contributed by atoms with van der Waals surface area (Å²) in [4.78, 5) is 28.4. The number of methoxy groups -OCH3 is 1. The van der Waals surface area contributed by atoms with Crippen molar-refractivity contribution in [3.8, 4) is 5.75 Å². The van der Waals surface area contributed by atoms with Gasteiger partial charge in [0, 0.05) is 19.2 Å². The van der Waals surface area contributed by atoms with Crippen molar-refractivity contribution in [2.45, 2.75) is 19.9 Å². The van der Waals surface area contributed by atoms with Gasteiger partial charge in [0.1, 0.15) is 5.75 Å². The highest BCUT2D eigenvalue weighted by atomic mass is 16.5. The number of hydrogen-bond acceptors (Lipinski definition) is 4. The van der Waals surface area contributed by atoms with Gasteiger partial charge < -0.3 is 4.74 Å². The fraction of sp³-hybridized carbons (Fsp3) is 0.417. The summed E-state index contributed by atoms with van der Waals surface area (Å²) in [6.45, 7) is 3.58. The zero-order chi connectivity index (χ0) is 13.4. The van der Waals surface area contributed by atoms with E-state index >= 15 is 0 Å². The van der Waals surface area contributed by atoms with E-state index in [9.17, 15) is 9.59 Å². The minimum absolute atomic E-state index is 0.204. The SMILES string of the molecule is COc1cnc2c(=O)n(C(C)C)c(=O)n(C)c2c1. The maximum Gasteiger partial charge on any atom is 0.331 e. The van der Waals surface area contributed by atoms with Crippen LogP contribution in [0.3, 0.4) is 0 Å². The number of hydrogen-bond donors (Lipinski definition) is 0. The lowest BCUT2D eigenvalue weighted by Gasteiger charge is -2.13. The summed E-state index contributed by atoms with van der Waals surface area (Å²) in [5.41, 5.74) is 0.0242. The Bertz CT molecular complexity index is 713. The van der Waals surface area contributed by atoms with Crippen molar-refractivity contribution in [3.05, 3.63) is 33.1 Å². The molecule has 0 bridgehead atoms. The van der Waals surface area contributed by atoms with Gasteiger partial charge in [-0.2, -0.15) is 0 Å². The Morgan fingerprint density at radius 3 is 2.56 bits per heavy atom. The van der Waals surface area contributed by atoms with Gasteiger partial charge in [-0.05, 0) is 13.8 Å². The first-order valence-electron chi connectivity index (χ1n) is 5.62. The second-order valence-corrected chi connectivity index (χ2v) is 4.35. The van der Waals surface area contributed by atoms with Gasteiger partial charge in [0.05, 0.1) is 18.8 Å². The first-order valence-corrected chi connectivity index (χ1v) is 5.62. The molecule has 0 radical (unpaired) electrons. The predicted octanol–water partition coefficient (Wildman–Crippen LogP) is 0.685. The highest BCUT2D eigenvalue weighted by molar-refractivity contribution is 5.74. The molecule has 2 aromatic rings. The molecule has 0 aliphatic rings. The molecule has 2 aromatic heterocycles. The first kappa shape index (κ1) is 12.3. The van der Waals surface area contributed by atoms with Gasteiger partial charge in [0.2, 0.25) is 0 Å². The van der Waals surface area contributed by atoms with E-state index in [0.717, 1.165) is 0 Å². The predicted molar refractivity (Wildman–Crippen MR) is 68.2 cm³/mol. The van der Waals surface area contributed by atoms with Crippen molar-refractivity contribution < 1.29 is 4.74 Å². The van der Waals surface area contributed by atoms with Gasteiger partial charge in [-0.1, -0.05) is 0 Å². The Hall–Kier alpha value is -2.11. The van der Waals surface area contributed by atoms with Crippen molar-refractivity contribution in [3.63, 3.8) is 0 Å². The molecule has 0 N–H and O–H groups in total. The summed E-state index contributed by atoms with van der Waals surface area (Å²) in [5.74, 6) is 0.513. The Kier molecular flexibility index (Phi) is 2.94. The van der Waals surface area contributed by atoms with Crippen molar-refractivity contribution in [1.29, 1.82) is 0 Å². The van der Waals surface area contributed by atoms with Gasteiger partial charge >= 0.3 is 5.69 Å². The summed E-state index contributed by atoms with van der Waals surface area (Å²) in [6.07, 6.45) is 1.47. The molecule has 2 heterocycles. The van der Waals surface area contributed by atoms with E-state index in [0.29, 0.717) is 11.3 Å². The lowest BCUT2D eigenvalue weighted by Crippen LogP contribution is -2.40. The fourth-order valence-electron chi connectivity index (χ4n) is 1.89. The average molecular weight is 249 g/mol. The molecule has 0 aliphatic carbocycles. The molecule has 0 saturated carbocycles. The van der Waals surface area contributed by atoms with E-state index in [1.807, 2.05) is 0 Å². The van der Waals surface area contributed by atoms with Crippen molar-refractivity contribution in [2.24, 2.45) is 7.05 Å². The fourth-order valence-corrected chi connectivity index (χ4v) is 1.89. The third-order valence-corrected chi connectivity index (χ3v) is 2.87. The van der Waals surface area contributed by atoms with E-state index < -0.39 is 0 Å². The highest BCUT2D eigenvalue weighted by Crippen LogP contribution is 2.14. The molecule has 0 amide bonds. The Morgan fingerprint density at radius 1 is 1.33 bits per heavy atom. The Morgan fingerprint density at radius 2 is 2.00 bits per heavy atom. The number of aromatic nitrogens is 3. The van der Waals surface area contributed by atoms with Crippen molar-refractivity contribution >= 4 is 11.0 Å². The van der Waals surface area contributed by atoms with Crippen LogP contribution in [0.1, 0.15) is 19.9 Å². The lowest BCUT2D eigenvalue weighted by molar-refractivity contribution is 0.413. The Labute approximate surface area is 103 Å². The number of fused-ring (bicyclic) bond motifs is 1. The van der Waals surface area contributed by atoms with Crippen LogP contribution >= 0.6 is 0 Å². The first-order chi connectivity index (χ1) is 8.47. The second-order valence-electron chi connectivity index (χ2n) is 4.35. The van der Waals surface area contributed by atoms with Gasteiger partial charge in [-0.15, -0.1) is 0 Å². The maximum atomic E-state index is 12.2. The van der Waals surface area contributed by atoms with E-state index in [4.69, 9.17) is 4.74 Å². The van der Waals surface area contributed by atoms with E-state index in [2.05, 4.69) is 4.98 Å². The maximum absolute atomic E-state index is 12.2. The van der Waals surface area contributed by atoms with Crippen LogP contribution in [0.4, 0.5) is 0 Å². The van der Waals surface area contributed by atoms with Crippen LogP contribution in [-0.4, -0.2) is 21.2 Å². The van der Waals surface area contributed by atoms with Crippen LogP contribution in [0.25, 0.3) is 11.0 Å². The summed E-state index contributed by atoms with van der Waals surface area (Å²) in [5, 5.41) is 0. The van der Waals surface area contributed by atoms with Crippen LogP contribution in [0.2, 0.25) is 0 Å². The zero-order valence-electron chi connectivity index (χ0n) is 10.8. The summed E-state index contributed by atoms with van der Waals surface area (Å²) >= 11 is 0. The average Bonchev–Trinajstić information content (AvgIpc) is 2.35. The largest absolute Gasteiger partial charge is 0.495 e. The number of aryl methyl sites for hydroxylation is 1. The number of pyridine rings is 1. The van der Waals surface area contributed by atoms with E-state index in [1.54, 1.807) is 27.0 Å². The molecule has 18 heavy (non-hydrogen) atoms. The van der Waals surface area contributed by atoms with Crippen LogP contribution < -0.4 is 16.0 Å². The van der Waals surface area contributed by atoms with Gasteiger partial charge in [-0.3, -0.25) is 13.9 Å². The highest BCUT2D eigenvalue weighted by Gasteiger charge is 2.14. The molecule has 0 spiro atoms. The number of ether oxygens (including phenoxy) is 1. The topological polar surface area (TPSA) is 66.1 Å². The van der Waals surface area contributed by atoms with Crippen LogP contribution in [0.15, 0.2) is 21.9 Å². The third-order valence-electron chi connectivity index (χ3n) is 2.87. The van der Waals surface area contributed by atoms with Crippen LogP contribution in [0, 0.1) is 0 Å². The lowest BCUT2D eigenvalue weighted by atomic mass is 10.3. The minimum atomic E-state index is -0.370. The summed E-state index contributed by atoms with van der Waals surface area (Å²) in [6, 6.07) is 1.43. The van der Waals surface area contributed by atoms with Gasteiger partial charge in [0.15, 0.2) is 5.52 Å². The van der Waals surface area contributed by atoms with E-state index in [-0.39, 0.29) is 22.8 Å². The number of rotatable bonds is 2. The van der Waals surface area contributed by atoms with Gasteiger partial charge in [0.25, 0.3) is 5.56 Å². The monoisotopic (exact) mass is 249 g/mol. The van der Waals surface area contributed by atoms with Crippen molar-refractivity contribution in [2.75, 3.05) is 7.11 Å². The molecule has 0 unspecified atom stereocenters. The van der Waals surface area contributed by atoms with Gasteiger partial charge in [-0.25, -0.2) is 9.78 Å². The third kappa shape index (κ3) is 1.70. The molecule has 0 fully saturated rings.